The quantitative estimate of drug-likeness (QED) is 0.407. The van der Waals surface area contributed by atoms with E-state index < -0.39 is 8.07 Å². The van der Waals surface area contributed by atoms with Gasteiger partial charge in [0.1, 0.15) is 8.07 Å². The van der Waals surface area contributed by atoms with E-state index in [1.807, 2.05) is 30.3 Å². The summed E-state index contributed by atoms with van der Waals surface area (Å²) in [6.07, 6.45) is 0. The van der Waals surface area contributed by atoms with E-state index in [-0.39, 0.29) is 6.92 Å². The number of anilines is 3. The molecule has 0 spiro atoms. The number of ether oxygens (including phenoxy) is 1. The minimum absolute atomic E-state index is 0.177. The Kier molecular flexibility index (Phi) is 3.25. The van der Waals surface area contributed by atoms with Gasteiger partial charge >= 0.3 is 6.92 Å². The Balaban J connectivity index is 1.57. The highest BCUT2D eigenvalue weighted by molar-refractivity contribution is 7.03. The van der Waals surface area contributed by atoms with Crippen LogP contribution >= 0.6 is 0 Å². The van der Waals surface area contributed by atoms with E-state index in [9.17, 15) is 0 Å². The second-order valence-electron chi connectivity index (χ2n) is 8.96. The van der Waals surface area contributed by atoms with E-state index >= 15 is 0 Å². The summed E-state index contributed by atoms with van der Waals surface area (Å²) in [4.78, 5) is 2.45. The second-order valence-corrected chi connectivity index (χ2v) is 13.3. The topological polar surface area (TPSA) is 21.7 Å². The largest absolute Gasteiger partial charge is 0.551 e. The van der Waals surface area contributed by atoms with Crippen molar-refractivity contribution in [1.29, 1.82) is 0 Å². The molecule has 0 bridgehead atoms. The Labute approximate surface area is 183 Å². The van der Waals surface area contributed by atoms with E-state index in [2.05, 4.69) is 72.6 Å². The van der Waals surface area contributed by atoms with Crippen LogP contribution in [0.3, 0.4) is 0 Å². The fraction of sp³-hybridized carbons (Fsp3) is 0.0769. The SMILES string of the molecule is C[Si]1(C)c2cccc3c2N2c4c(cccc4B(Oc4ccccc4)c4cccc1c42)O3. The lowest BCUT2D eigenvalue weighted by Gasteiger charge is -2.48. The van der Waals surface area contributed by atoms with Gasteiger partial charge in [0.2, 0.25) is 0 Å². The number of rotatable bonds is 2. The van der Waals surface area contributed by atoms with Gasteiger partial charge in [-0.05, 0) is 45.6 Å². The third-order valence-electron chi connectivity index (χ3n) is 6.90. The molecule has 0 N–H and O–H groups in total. The van der Waals surface area contributed by atoms with Gasteiger partial charge < -0.3 is 14.3 Å². The molecule has 7 rings (SSSR count). The van der Waals surface area contributed by atoms with Crippen LogP contribution in [0.1, 0.15) is 0 Å². The fourth-order valence-corrected chi connectivity index (χ4v) is 8.46. The monoisotopic (exact) mass is 417 g/mol. The maximum atomic E-state index is 6.65. The summed E-state index contributed by atoms with van der Waals surface area (Å²) >= 11 is 0. The Bertz CT molecular complexity index is 1390. The smallest absolute Gasteiger partial charge is 0.430 e. The highest BCUT2D eigenvalue weighted by atomic mass is 28.3. The van der Waals surface area contributed by atoms with Crippen molar-refractivity contribution in [3.05, 3.63) is 84.9 Å². The molecule has 3 aliphatic heterocycles. The van der Waals surface area contributed by atoms with Crippen molar-refractivity contribution in [2.24, 2.45) is 0 Å². The van der Waals surface area contributed by atoms with Crippen molar-refractivity contribution in [2.45, 2.75) is 13.1 Å². The van der Waals surface area contributed by atoms with Gasteiger partial charge in [-0.25, -0.2) is 0 Å². The zero-order valence-corrected chi connectivity index (χ0v) is 18.4. The lowest BCUT2D eigenvalue weighted by atomic mass is 9.52. The average Bonchev–Trinajstić information content (AvgIpc) is 2.80. The zero-order valence-electron chi connectivity index (χ0n) is 17.4. The van der Waals surface area contributed by atoms with Crippen molar-refractivity contribution in [1.82, 2.24) is 0 Å². The Morgan fingerprint density at radius 3 is 2.06 bits per heavy atom. The Hall–Kier alpha value is -3.44. The van der Waals surface area contributed by atoms with Crippen LogP contribution in [0.25, 0.3) is 0 Å². The van der Waals surface area contributed by atoms with Crippen molar-refractivity contribution >= 4 is 53.4 Å². The normalized spacial score (nSPS) is 15.8. The minimum Gasteiger partial charge on any atom is -0.551 e. The third kappa shape index (κ3) is 2.14. The van der Waals surface area contributed by atoms with Gasteiger partial charge in [-0.2, -0.15) is 0 Å². The van der Waals surface area contributed by atoms with E-state index in [4.69, 9.17) is 9.39 Å². The summed E-state index contributed by atoms with van der Waals surface area (Å²) in [6, 6.07) is 29.7. The molecule has 0 saturated heterocycles. The lowest BCUT2D eigenvalue weighted by Crippen LogP contribution is -2.65. The molecule has 0 radical (unpaired) electrons. The van der Waals surface area contributed by atoms with Gasteiger partial charge in [-0.15, -0.1) is 0 Å². The summed E-state index contributed by atoms with van der Waals surface area (Å²) in [5, 5.41) is 2.89. The molecule has 0 amide bonds. The molecule has 0 saturated carbocycles. The molecule has 4 aromatic carbocycles. The average molecular weight is 417 g/mol. The molecule has 3 heterocycles. The molecule has 3 nitrogen and oxygen atoms in total. The second kappa shape index (κ2) is 5.83. The maximum absolute atomic E-state index is 6.65. The van der Waals surface area contributed by atoms with Crippen LogP contribution in [0.5, 0.6) is 17.2 Å². The van der Waals surface area contributed by atoms with Crippen molar-refractivity contribution in [3.8, 4) is 17.2 Å². The van der Waals surface area contributed by atoms with Crippen LogP contribution < -0.4 is 35.6 Å². The van der Waals surface area contributed by atoms with Crippen molar-refractivity contribution in [2.75, 3.05) is 4.90 Å². The summed E-state index contributed by atoms with van der Waals surface area (Å²) in [5.74, 6) is 2.72. The van der Waals surface area contributed by atoms with Crippen LogP contribution in [0.2, 0.25) is 13.1 Å². The number of hydrogen-bond donors (Lipinski definition) is 0. The van der Waals surface area contributed by atoms with Crippen LogP contribution in [-0.4, -0.2) is 15.0 Å². The Morgan fingerprint density at radius 2 is 1.29 bits per heavy atom. The molecule has 148 valence electrons. The van der Waals surface area contributed by atoms with Crippen LogP contribution in [0, 0.1) is 0 Å². The van der Waals surface area contributed by atoms with Crippen molar-refractivity contribution < 1.29 is 9.39 Å². The van der Waals surface area contributed by atoms with Crippen LogP contribution in [0.4, 0.5) is 17.1 Å². The number of hydrogen-bond acceptors (Lipinski definition) is 3. The third-order valence-corrected chi connectivity index (χ3v) is 10.4. The van der Waals surface area contributed by atoms with Crippen LogP contribution in [-0.2, 0) is 0 Å². The molecule has 0 fully saturated rings. The van der Waals surface area contributed by atoms with Gasteiger partial charge in [0.25, 0.3) is 0 Å². The summed E-state index contributed by atoms with van der Waals surface area (Å²) < 4.78 is 13.1. The fourth-order valence-electron chi connectivity index (χ4n) is 5.47. The first-order valence-electron chi connectivity index (χ1n) is 10.7. The zero-order chi connectivity index (χ0) is 20.7. The summed E-state index contributed by atoms with van der Waals surface area (Å²) in [5.41, 5.74) is 6.01. The molecule has 0 aliphatic carbocycles. The first-order chi connectivity index (χ1) is 15.1. The van der Waals surface area contributed by atoms with Gasteiger partial charge in [0.05, 0.1) is 17.1 Å². The highest BCUT2D eigenvalue weighted by Gasteiger charge is 2.49. The van der Waals surface area contributed by atoms with E-state index in [1.165, 1.54) is 27.2 Å². The molecular weight excluding hydrogens is 397 g/mol. The van der Waals surface area contributed by atoms with Gasteiger partial charge in [0.15, 0.2) is 11.5 Å². The maximum Gasteiger partial charge on any atom is 0.430 e. The number of nitrogens with zero attached hydrogens (tertiary/aromatic N) is 1. The standard InChI is InChI=1S/C26H20BNO2Si/c1-31(2)22-15-7-12-19-25(22)28-24-18(27(19)30-17-9-4-3-5-10-17)11-6-13-20(24)29-21-14-8-16-23(31)26(21)28/h3-16H,1-2H3. The predicted molar refractivity (Wildman–Crippen MR) is 130 cm³/mol. The number of benzene rings is 4. The minimum atomic E-state index is -1.91. The molecule has 3 aliphatic rings. The Morgan fingerprint density at radius 1 is 0.677 bits per heavy atom. The van der Waals surface area contributed by atoms with E-state index in [1.54, 1.807) is 0 Å². The van der Waals surface area contributed by atoms with E-state index in [0.29, 0.717) is 0 Å². The predicted octanol–water partition coefficient (Wildman–Crippen LogP) is 3.90. The summed E-state index contributed by atoms with van der Waals surface area (Å²) in [6.45, 7) is 4.71. The molecular formula is C26H20BNO2Si. The van der Waals surface area contributed by atoms with Crippen LogP contribution in [0.15, 0.2) is 84.9 Å². The van der Waals surface area contributed by atoms with Gasteiger partial charge in [-0.3, -0.25) is 0 Å². The highest BCUT2D eigenvalue weighted by Crippen LogP contribution is 2.51. The van der Waals surface area contributed by atoms with Crippen molar-refractivity contribution in [3.63, 3.8) is 0 Å². The molecule has 0 unspecified atom stereocenters. The first-order valence-corrected chi connectivity index (χ1v) is 13.7. The lowest BCUT2D eigenvalue weighted by molar-refractivity contribution is 0.477. The first kappa shape index (κ1) is 17.3. The number of para-hydroxylation sites is 4. The molecule has 0 atom stereocenters. The molecule has 4 aromatic rings. The van der Waals surface area contributed by atoms with Gasteiger partial charge in [0, 0.05) is 5.69 Å². The summed E-state index contributed by atoms with van der Waals surface area (Å²) in [7, 11) is -1.91. The molecule has 5 heteroatoms. The molecule has 0 aromatic heterocycles. The van der Waals surface area contributed by atoms with E-state index in [0.717, 1.165) is 28.4 Å². The van der Waals surface area contributed by atoms with Gasteiger partial charge in [-0.1, -0.05) is 73.8 Å². The molecule has 31 heavy (non-hydrogen) atoms.